The fraction of sp³-hybridized carbons (Fsp3) is 0.303. The predicted octanol–water partition coefficient (Wildman–Crippen LogP) is 4.98. The third kappa shape index (κ3) is 5.89. The zero-order valence-corrected chi connectivity index (χ0v) is 26.5. The molecule has 1 aliphatic heterocycles. The number of pyridine rings is 1. The number of nitrogens with one attached hydrogen (secondary N) is 1. The van der Waals surface area contributed by atoms with Crippen LogP contribution in [0.4, 0.5) is 15.9 Å². The molecule has 46 heavy (non-hydrogen) atoms. The summed E-state index contributed by atoms with van der Waals surface area (Å²) in [6.07, 6.45) is 1.60. The number of carbonyl (C=O) groups is 2. The van der Waals surface area contributed by atoms with E-state index in [9.17, 15) is 23.1 Å². The lowest BCUT2D eigenvalue weighted by atomic mass is 9.93. The summed E-state index contributed by atoms with van der Waals surface area (Å²) in [5.41, 5.74) is 6.57. The van der Waals surface area contributed by atoms with Gasteiger partial charge in [0.2, 0.25) is 5.91 Å². The molecule has 1 amide bonds. The number of methoxy groups -OCH3 is 2. The molecule has 1 aromatic heterocycles. The maximum absolute atomic E-state index is 15.8. The molecule has 3 aromatic carbocycles. The van der Waals surface area contributed by atoms with E-state index in [0.717, 1.165) is 6.07 Å². The van der Waals surface area contributed by atoms with E-state index in [0.29, 0.717) is 22.3 Å². The van der Waals surface area contributed by atoms with Crippen molar-refractivity contribution in [2.24, 2.45) is 5.92 Å². The Morgan fingerprint density at radius 2 is 1.76 bits per heavy atom. The number of benzene rings is 3. The minimum atomic E-state index is -3.86. The lowest BCUT2D eigenvalue weighted by Gasteiger charge is -2.33. The Hall–Kier alpha value is -4.91. The number of fused-ring (bicyclic) bond motifs is 1. The summed E-state index contributed by atoms with van der Waals surface area (Å²) < 4.78 is 53.3. The van der Waals surface area contributed by atoms with E-state index >= 15 is 4.39 Å². The first-order valence-electron chi connectivity index (χ1n) is 14.6. The summed E-state index contributed by atoms with van der Waals surface area (Å²) in [6, 6.07) is 12.9. The van der Waals surface area contributed by atoms with Crippen LogP contribution in [0.5, 0.6) is 11.5 Å². The second-order valence-electron chi connectivity index (χ2n) is 11.3. The maximum atomic E-state index is 15.8. The number of carboxylic acids is 1. The average Bonchev–Trinajstić information content (AvgIpc) is 3.49. The molecule has 2 unspecified atom stereocenters. The normalized spacial score (nSPS) is 17.2. The molecule has 0 bridgehead atoms. The largest absolute Gasteiger partial charge is 0.493 e. The van der Waals surface area contributed by atoms with Crippen LogP contribution < -0.4 is 20.5 Å². The van der Waals surface area contributed by atoms with Crippen LogP contribution in [-0.4, -0.2) is 61.3 Å². The summed E-state index contributed by atoms with van der Waals surface area (Å²) in [6.45, 7) is 3.06. The molecule has 0 saturated carbocycles. The molecule has 0 aliphatic carbocycles. The van der Waals surface area contributed by atoms with E-state index in [4.69, 9.17) is 15.2 Å². The van der Waals surface area contributed by atoms with Gasteiger partial charge in [0.05, 0.1) is 36.3 Å². The Labute approximate surface area is 266 Å². The van der Waals surface area contributed by atoms with E-state index in [1.54, 1.807) is 42.6 Å². The Morgan fingerprint density at radius 1 is 1.07 bits per heavy atom. The summed E-state index contributed by atoms with van der Waals surface area (Å²) in [4.78, 5) is 32.6. The van der Waals surface area contributed by atoms with Gasteiger partial charge in [-0.2, -0.15) is 0 Å². The molecule has 4 N–H and O–H groups in total. The van der Waals surface area contributed by atoms with Crippen LogP contribution in [0.1, 0.15) is 43.5 Å². The lowest BCUT2D eigenvalue weighted by molar-refractivity contribution is -0.143. The second-order valence-corrected chi connectivity index (χ2v) is 13.8. The number of nitrogens with zero attached hydrogens (tertiary/aromatic N) is 2. The van der Waals surface area contributed by atoms with Crippen LogP contribution in [0.2, 0.25) is 0 Å². The SMILES string of the molecule is COc1cc(F)c([C@@H](Nc2ccc3c(N)nccc3c2)C(=O)N2CCC(C(=O)O)C2c2ccccc2S(=O)(=O)C(C)C)cc1OC. The smallest absolute Gasteiger partial charge is 0.309 e. The van der Waals surface area contributed by atoms with Crippen molar-refractivity contribution in [3.63, 3.8) is 0 Å². The number of hydrogen-bond donors (Lipinski definition) is 3. The molecule has 2 heterocycles. The summed E-state index contributed by atoms with van der Waals surface area (Å²) in [5, 5.41) is 14.0. The number of carboxylic acid groups (broad SMARTS) is 1. The molecule has 0 spiro atoms. The van der Waals surface area contributed by atoms with Gasteiger partial charge in [-0.15, -0.1) is 0 Å². The number of ether oxygens (including phenoxy) is 2. The van der Waals surface area contributed by atoms with Crippen molar-refractivity contribution in [2.75, 3.05) is 31.8 Å². The highest BCUT2D eigenvalue weighted by atomic mass is 32.2. The minimum Gasteiger partial charge on any atom is -0.493 e. The summed E-state index contributed by atoms with van der Waals surface area (Å²) in [5.74, 6) is -3.12. The van der Waals surface area contributed by atoms with Crippen molar-refractivity contribution >= 4 is 44.0 Å². The highest BCUT2D eigenvalue weighted by molar-refractivity contribution is 7.92. The number of nitrogens with two attached hydrogens (primary N) is 1. The molecule has 3 atom stereocenters. The van der Waals surface area contributed by atoms with Crippen LogP contribution in [0.25, 0.3) is 10.8 Å². The number of sulfone groups is 1. The molecule has 1 saturated heterocycles. The number of likely N-dealkylation sites (tertiary alicyclic amines) is 1. The van der Waals surface area contributed by atoms with Gasteiger partial charge in [0.1, 0.15) is 17.7 Å². The third-order valence-corrected chi connectivity index (χ3v) is 10.6. The molecule has 0 radical (unpaired) electrons. The third-order valence-electron chi connectivity index (χ3n) is 8.33. The highest BCUT2D eigenvalue weighted by Crippen LogP contribution is 2.43. The predicted molar refractivity (Wildman–Crippen MR) is 171 cm³/mol. The fourth-order valence-corrected chi connectivity index (χ4v) is 7.20. The first kappa shape index (κ1) is 32.5. The number of aromatic nitrogens is 1. The zero-order chi connectivity index (χ0) is 33.3. The van der Waals surface area contributed by atoms with Crippen LogP contribution in [-0.2, 0) is 19.4 Å². The van der Waals surface area contributed by atoms with E-state index in [-0.39, 0.29) is 40.5 Å². The van der Waals surface area contributed by atoms with E-state index < -0.39 is 50.8 Å². The van der Waals surface area contributed by atoms with Gasteiger partial charge in [-0.1, -0.05) is 18.2 Å². The number of anilines is 2. The van der Waals surface area contributed by atoms with E-state index in [1.165, 1.54) is 51.2 Å². The quantitative estimate of drug-likeness (QED) is 0.213. The van der Waals surface area contributed by atoms with Crippen LogP contribution in [0, 0.1) is 11.7 Å². The van der Waals surface area contributed by atoms with Crippen molar-refractivity contribution in [1.82, 2.24) is 9.88 Å². The molecule has 242 valence electrons. The zero-order valence-electron chi connectivity index (χ0n) is 25.7. The number of rotatable bonds is 10. The molecular formula is C33H35FN4O7S. The minimum absolute atomic E-state index is 0.0104. The van der Waals surface area contributed by atoms with Gasteiger partial charge < -0.3 is 30.5 Å². The lowest BCUT2D eigenvalue weighted by Crippen LogP contribution is -2.40. The van der Waals surface area contributed by atoms with Crippen molar-refractivity contribution in [1.29, 1.82) is 0 Å². The topological polar surface area (TPSA) is 161 Å². The number of nitrogen functional groups attached to an aromatic ring is 1. The van der Waals surface area contributed by atoms with Gasteiger partial charge in [-0.05, 0) is 67.6 Å². The Kier molecular flexibility index (Phi) is 9.06. The number of amides is 1. The average molecular weight is 651 g/mol. The number of hydrogen-bond acceptors (Lipinski definition) is 9. The number of carbonyl (C=O) groups excluding carboxylic acids is 1. The first-order chi connectivity index (χ1) is 21.9. The van der Waals surface area contributed by atoms with Crippen molar-refractivity contribution in [3.05, 3.63) is 83.8 Å². The van der Waals surface area contributed by atoms with Gasteiger partial charge >= 0.3 is 5.97 Å². The molecule has 11 nitrogen and oxygen atoms in total. The van der Waals surface area contributed by atoms with Crippen LogP contribution in [0.15, 0.2) is 71.8 Å². The van der Waals surface area contributed by atoms with Crippen molar-refractivity contribution in [3.8, 4) is 11.5 Å². The molecule has 5 rings (SSSR count). The Balaban J connectivity index is 1.66. The van der Waals surface area contributed by atoms with Crippen LogP contribution in [0.3, 0.4) is 0 Å². The first-order valence-corrected chi connectivity index (χ1v) is 16.1. The highest BCUT2D eigenvalue weighted by Gasteiger charge is 2.46. The van der Waals surface area contributed by atoms with Crippen LogP contribution >= 0.6 is 0 Å². The molecule has 13 heteroatoms. The van der Waals surface area contributed by atoms with E-state index in [1.807, 2.05) is 0 Å². The molecule has 1 aliphatic rings. The van der Waals surface area contributed by atoms with Gasteiger partial charge in [0.25, 0.3) is 0 Å². The Bertz CT molecular complexity index is 1920. The standard InChI is InChI=1S/C33H35FN4O7S/c1-18(2)46(42,43)28-8-6-5-7-22(28)30-23(33(40)41)12-14-38(30)32(39)29(24-16-26(44-3)27(45-4)17-25(24)34)37-20-9-10-21-19(15-20)11-13-36-31(21)35/h5-11,13,15-18,23,29-30,37H,12,14H2,1-4H3,(H2,35,36)(H,40,41)/t23?,29-,30?/m1/s1. The summed E-state index contributed by atoms with van der Waals surface area (Å²) in [7, 11) is -1.13. The van der Waals surface area contributed by atoms with Gasteiger partial charge in [-0.3, -0.25) is 9.59 Å². The Morgan fingerprint density at radius 3 is 2.43 bits per heavy atom. The molecule has 4 aromatic rings. The van der Waals surface area contributed by atoms with Gasteiger partial charge in [0, 0.05) is 35.4 Å². The molecular weight excluding hydrogens is 615 g/mol. The second kappa shape index (κ2) is 12.8. The van der Waals surface area contributed by atoms with Gasteiger partial charge in [0.15, 0.2) is 21.3 Å². The van der Waals surface area contributed by atoms with E-state index in [2.05, 4.69) is 10.3 Å². The maximum Gasteiger partial charge on any atom is 0.309 e. The number of halogens is 1. The number of aliphatic carboxylic acids is 1. The monoisotopic (exact) mass is 650 g/mol. The molecule has 1 fully saturated rings. The fourth-order valence-electron chi connectivity index (χ4n) is 5.91. The summed E-state index contributed by atoms with van der Waals surface area (Å²) >= 11 is 0. The van der Waals surface area contributed by atoms with Gasteiger partial charge in [-0.25, -0.2) is 17.8 Å². The van der Waals surface area contributed by atoms with Crippen molar-refractivity contribution < 1.29 is 37.0 Å². The van der Waals surface area contributed by atoms with Crippen molar-refractivity contribution in [2.45, 2.75) is 42.5 Å².